The minimum Gasteiger partial charge on any atom is -0.481 e. The molecular formula is C11H19NO4. The van der Waals surface area contributed by atoms with E-state index in [1.165, 1.54) is 4.90 Å². The summed E-state index contributed by atoms with van der Waals surface area (Å²) >= 11 is 0. The van der Waals surface area contributed by atoms with E-state index in [0.29, 0.717) is 25.9 Å². The maximum Gasteiger partial charge on any atom is 0.407 e. The van der Waals surface area contributed by atoms with E-state index in [2.05, 4.69) is 0 Å². The van der Waals surface area contributed by atoms with Gasteiger partial charge in [-0.15, -0.1) is 0 Å². The summed E-state index contributed by atoms with van der Waals surface area (Å²) in [6.45, 7) is 6.31. The number of aliphatic carboxylic acids is 1. The van der Waals surface area contributed by atoms with E-state index in [1.54, 1.807) is 0 Å². The Morgan fingerprint density at radius 3 is 1.81 bits per heavy atom. The van der Waals surface area contributed by atoms with Gasteiger partial charge in [-0.05, 0) is 18.3 Å². The van der Waals surface area contributed by atoms with Gasteiger partial charge in [0.1, 0.15) is 0 Å². The van der Waals surface area contributed by atoms with Crippen molar-refractivity contribution in [3.8, 4) is 0 Å². The van der Waals surface area contributed by atoms with Crippen LogP contribution in [0.5, 0.6) is 0 Å². The number of carboxylic acid groups (broad SMARTS) is 2. The molecule has 1 saturated heterocycles. The zero-order chi connectivity index (χ0) is 12.6. The van der Waals surface area contributed by atoms with Gasteiger partial charge in [0.2, 0.25) is 0 Å². The van der Waals surface area contributed by atoms with Crippen LogP contribution in [-0.4, -0.2) is 40.3 Å². The van der Waals surface area contributed by atoms with Gasteiger partial charge in [0, 0.05) is 13.1 Å². The lowest BCUT2D eigenvalue weighted by Gasteiger charge is -2.46. The molecule has 0 aromatic rings. The van der Waals surface area contributed by atoms with Crippen LogP contribution in [0.15, 0.2) is 0 Å². The minimum atomic E-state index is -0.965. The van der Waals surface area contributed by atoms with Crippen molar-refractivity contribution >= 4 is 12.1 Å². The molecule has 1 aliphatic rings. The first-order valence-corrected chi connectivity index (χ1v) is 5.42. The Balaban J connectivity index is 2.87. The highest BCUT2D eigenvalue weighted by Gasteiger charge is 2.50. The first kappa shape index (κ1) is 12.8. The number of hydrogen-bond acceptors (Lipinski definition) is 2. The SMILES string of the molecule is CC(C)(C)C1(C(=O)O)CCN(C(=O)O)CC1. The van der Waals surface area contributed by atoms with Crippen molar-refractivity contribution in [3.05, 3.63) is 0 Å². The third kappa shape index (κ3) is 1.99. The average Bonchev–Trinajstić information content (AvgIpc) is 2.15. The maximum atomic E-state index is 11.4. The Bertz CT molecular complexity index is 298. The molecule has 92 valence electrons. The number of nitrogens with zero attached hydrogens (tertiary/aromatic N) is 1. The normalized spacial score (nSPS) is 20.6. The van der Waals surface area contributed by atoms with Crippen LogP contribution in [0.25, 0.3) is 0 Å². The zero-order valence-electron chi connectivity index (χ0n) is 9.99. The molecule has 5 heteroatoms. The molecule has 16 heavy (non-hydrogen) atoms. The van der Waals surface area contributed by atoms with Crippen LogP contribution in [0.3, 0.4) is 0 Å². The van der Waals surface area contributed by atoms with E-state index in [9.17, 15) is 14.7 Å². The largest absolute Gasteiger partial charge is 0.481 e. The molecule has 0 spiro atoms. The van der Waals surface area contributed by atoms with Crippen LogP contribution < -0.4 is 0 Å². The van der Waals surface area contributed by atoms with Crippen molar-refractivity contribution in [1.29, 1.82) is 0 Å². The standard InChI is InChI=1S/C11H19NO4/c1-10(2,3)11(8(13)14)4-6-12(7-5-11)9(15)16/h4-7H2,1-3H3,(H,13,14)(H,15,16). The van der Waals surface area contributed by atoms with Crippen LogP contribution in [0, 0.1) is 10.8 Å². The fourth-order valence-electron chi connectivity index (χ4n) is 2.36. The lowest BCUT2D eigenvalue weighted by Crippen LogP contribution is -2.52. The molecule has 1 heterocycles. The zero-order valence-corrected chi connectivity index (χ0v) is 9.99. The second kappa shape index (κ2) is 3.96. The topological polar surface area (TPSA) is 77.8 Å². The third-order valence-electron chi connectivity index (χ3n) is 3.73. The minimum absolute atomic E-state index is 0.304. The van der Waals surface area contributed by atoms with Gasteiger partial charge in [-0.1, -0.05) is 20.8 Å². The van der Waals surface area contributed by atoms with Crippen LogP contribution >= 0.6 is 0 Å². The predicted molar refractivity (Wildman–Crippen MR) is 58.4 cm³/mol. The van der Waals surface area contributed by atoms with Gasteiger partial charge in [-0.2, -0.15) is 0 Å². The number of amides is 1. The number of likely N-dealkylation sites (tertiary alicyclic amines) is 1. The van der Waals surface area contributed by atoms with E-state index < -0.39 is 17.5 Å². The van der Waals surface area contributed by atoms with Crippen molar-refractivity contribution in [1.82, 2.24) is 4.90 Å². The second-order valence-corrected chi connectivity index (χ2v) is 5.41. The molecule has 0 aliphatic carbocycles. The Hall–Kier alpha value is -1.26. The summed E-state index contributed by atoms with van der Waals surface area (Å²) < 4.78 is 0. The first-order chi connectivity index (χ1) is 7.21. The molecule has 0 aromatic carbocycles. The molecule has 1 amide bonds. The van der Waals surface area contributed by atoms with Crippen molar-refractivity contribution in [3.63, 3.8) is 0 Å². The van der Waals surface area contributed by atoms with E-state index in [-0.39, 0.29) is 5.41 Å². The molecule has 2 N–H and O–H groups in total. The van der Waals surface area contributed by atoms with E-state index in [1.807, 2.05) is 20.8 Å². The van der Waals surface area contributed by atoms with Crippen LogP contribution in [-0.2, 0) is 4.79 Å². The average molecular weight is 229 g/mol. The number of hydrogen-bond donors (Lipinski definition) is 2. The molecule has 1 aliphatic heterocycles. The van der Waals surface area contributed by atoms with Crippen LogP contribution in [0.4, 0.5) is 4.79 Å². The highest BCUT2D eigenvalue weighted by atomic mass is 16.4. The predicted octanol–water partition coefficient (Wildman–Crippen LogP) is 1.88. The molecule has 1 rings (SSSR count). The Morgan fingerprint density at radius 2 is 1.56 bits per heavy atom. The van der Waals surface area contributed by atoms with Crippen molar-refractivity contribution in [2.45, 2.75) is 33.6 Å². The fourth-order valence-corrected chi connectivity index (χ4v) is 2.36. The van der Waals surface area contributed by atoms with E-state index in [4.69, 9.17) is 5.11 Å². The van der Waals surface area contributed by atoms with Crippen molar-refractivity contribution < 1.29 is 19.8 Å². The lowest BCUT2D eigenvalue weighted by molar-refractivity contribution is -0.160. The van der Waals surface area contributed by atoms with Gasteiger partial charge in [-0.3, -0.25) is 4.79 Å². The molecule has 0 bridgehead atoms. The number of rotatable bonds is 1. The fraction of sp³-hybridized carbons (Fsp3) is 0.818. The maximum absolute atomic E-state index is 11.4. The molecule has 5 nitrogen and oxygen atoms in total. The molecule has 0 unspecified atom stereocenters. The molecule has 0 atom stereocenters. The van der Waals surface area contributed by atoms with Crippen LogP contribution in [0.2, 0.25) is 0 Å². The van der Waals surface area contributed by atoms with E-state index >= 15 is 0 Å². The van der Waals surface area contributed by atoms with Gasteiger partial charge < -0.3 is 15.1 Å². The highest BCUT2D eigenvalue weighted by molar-refractivity contribution is 5.76. The Labute approximate surface area is 95.1 Å². The summed E-state index contributed by atoms with van der Waals surface area (Å²) in [4.78, 5) is 23.5. The van der Waals surface area contributed by atoms with Crippen molar-refractivity contribution in [2.75, 3.05) is 13.1 Å². The second-order valence-electron chi connectivity index (χ2n) is 5.41. The van der Waals surface area contributed by atoms with Crippen molar-refractivity contribution in [2.24, 2.45) is 10.8 Å². The number of carbonyl (C=O) groups is 2. The van der Waals surface area contributed by atoms with Gasteiger partial charge in [0.05, 0.1) is 5.41 Å². The summed E-state index contributed by atoms with van der Waals surface area (Å²) in [7, 11) is 0. The summed E-state index contributed by atoms with van der Waals surface area (Å²) in [5.41, 5.74) is -1.16. The first-order valence-electron chi connectivity index (χ1n) is 5.42. The van der Waals surface area contributed by atoms with Crippen LogP contribution in [0.1, 0.15) is 33.6 Å². The quantitative estimate of drug-likeness (QED) is 0.719. The van der Waals surface area contributed by atoms with Gasteiger partial charge in [-0.25, -0.2) is 4.79 Å². The Kier molecular flexibility index (Phi) is 3.17. The smallest absolute Gasteiger partial charge is 0.407 e. The van der Waals surface area contributed by atoms with Gasteiger partial charge >= 0.3 is 12.1 Å². The third-order valence-corrected chi connectivity index (χ3v) is 3.73. The monoisotopic (exact) mass is 229 g/mol. The molecule has 0 aromatic heterocycles. The molecule has 0 saturated carbocycles. The number of carboxylic acids is 1. The summed E-state index contributed by atoms with van der Waals surface area (Å²) in [5, 5.41) is 18.2. The summed E-state index contributed by atoms with van der Waals surface area (Å²) in [6.07, 6.45) is -0.191. The lowest BCUT2D eigenvalue weighted by atomic mass is 9.61. The molecule has 1 fully saturated rings. The molecular weight excluding hydrogens is 210 g/mol. The van der Waals surface area contributed by atoms with Gasteiger partial charge in [0.25, 0.3) is 0 Å². The number of piperidine rings is 1. The summed E-state index contributed by atoms with van der Waals surface area (Å²) in [5.74, 6) is -0.815. The van der Waals surface area contributed by atoms with Gasteiger partial charge in [0.15, 0.2) is 0 Å². The summed E-state index contributed by atoms with van der Waals surface area (Å²) in [6, 6.07) is 0. The Morgan fingerprint density at radius 1 is 1.12 bits per heavy atom. The molecule has 0 radical (unpaired) electrons. The highest BCUT2D eigenvalue weighted by Crippen LogP contribution is 2.47. The van der Waals surface area contributed by atoms with E-state index in [0.717, 1.165) is 0 Å².